The number of para-hydroxylation sites is 1. The fraction of sp³-hybridized carbons (Fsp3) is 0.188. The lowest BCUT2D eigenvalue weighted by Crippen LogP contribution is -2.29. The number of benzene rings is 2. The minimum atomic E-state index is -1.04. The molecule has 4 nitrogen and oxygen atoms in total. The Hall–Kier alpha value is -2.20. The summed E-state index contributed by atoms with van der Waals surface area (Å²) in [6.45, 7) is 0. The molecule has 0 heterocycles. The highest BCUT2D eigenvalue weighted by molar-refractivity contribution is 6.30. The largest absolute Gasteiger partial charge is 0.496 e. The molecular formula is C16H15ClO4. The maximum atomic E-state index is 11.4. The highest BCUT2D eigenvalue weighted by Crippen LogP contribution is 2.25. The van der Waals surface area contributed by atoms with E-state index in [2.05, 4.69) is 0 Å². The molecule has 2 rings (SSSR count). The summed E-state index contributed by atoms with van der Waals surface area (Å²) in [7, 11) is 1.53. The maximum Gasteiger partial charge on any atom is 0.345 e. The van der Waals surface area contributed by atoms with E-state index in [1.165, 1.54) is 7.11 Å². The van der Waals surface area contributed by atoms with Crippen LogP contribution < -0.4 is 9.47 Å². The lowest BCUT2D eigenvalue weighted by atomic mass is 10.1. The normalized spacial score (nSPS) is 11.7. The Morgan fingerprint density at radius 3 is 2.57 bits per heavy atom. The highest BCUT2D eigenvalue weighted by atomic mass is 35.5. The molecule has 1 N–H and O–H groups in total. The van der Waals surface area contributed by atoms with Crippen molar-refractivity contribution in [1.82, 2.24) is 0 Å². The van der Waals surface area contributed by atoms with Gasteiger partial charge < -0.3 is 14.6 Å². The van der Waals surface area contributed by atoms with Crippen LogP contribution in [-0.4, -0.2) is 24.3 Å². The molecule has 0 radical (unpaired) electrons. The fourth-order valence-corrected chi connectivity index (χ4v) is 2.14. The van der Waals surface area contributed by atoms with Crippen LogP contribution in [-0.2, 0) is 11.2 Å². The first-order valence-corrected chi connectivity index (χ1v) is 6.75. The van der Waals surface area contributed by atoms with E-state index in [1.54, 1.807) is 42.5 Å². The molecule has 2 aromatic carbocycles. The SMILES string of the molecule is COc1ccc(Cl)cc1C[C@@H](Oc1ccccc1)C(=O)O. The molecule has 0 spiro atoms. The molecule has 1 atom stereocenters. The molecular weight excluding hydrogens is 292 g/mol. The summed E-state index contributed by atoms with van der Waals surface area (Å²) in [4.78, 5) is 11.4. The van der Waals surface area contributed by atoms with Crippen LogP contribution in [0.1, 0.15) is 5.56 Å². The van der Waals surface area contributed by atoms with E-state index in [1.807, 2.05) is 6.07 Å². The van der Waals surface area contributed by atoms with E-state index in [9.17, 15) is 9.90 Å². The zero-order valence-electron chi connectivity index (χ0n) is 11.5. The Labute approximate surface area is 127 Å². The summed E-state index contributed by atoms with van der Waals surface area (Å²) in [5.74, 6) is 0.0501. The van der Waals surface area contributed by atoms with E-state index >= 15 is 0 Å². The predicted octanol–water partition coefficient (Wildman–Crippen LogP) is 3.42. The van der Waals surface area contributed by atoms with E-state index in [0.29, 0.717) is 22.1 Å². The second-order valence-corrected chi connectivity index (χ2v) is 4.85. The Morgan fingerprint density at radius 2 is 1.95 bits per heavy atom. The molecule has 2 aromatic rings. The molecule has 0 saturated heterocycles. The smallest absolute Gasteiger partial charge is 0.345 e. The van der Waals surface area contributed by atoms with Gasteiger partial charge in [-0.25, -0.2) is 4.79 Å². The van der Waals surface area contributed by atoms with Gasteiger partial charge in [0, 0.05) is 11.4 Å². The molecule has 21 heavy (non-hydrogen) atoms. The number of carbonyl (C=O) groups is 1. The highest BCUT2D eigenvalue weighted by Gasteiger charge is 2.22. The zero-order chi connectivity index (χ0) is 15.2. The number of ether oxygens (including phenoxy) is 2. The number of aliphatic carboxylic acids is 1. The van der Waals surface area contributed by atoms with Crippen molar-refractivity contribution in [2.24, 2.45) is 0 Å². The van der Waals surface area contributed by atoms with Crippen molar-refractivity contribution in [3.8, 4) is 11.5 Å². The third kappa shape index (κ3) is 4.13. The molecule has 0 aromatic heterocycles. The molecule has 0 aliphatic carbocycles. The number of rotatable bonds is 6. The standard InChI is InChI=1S/C16H15ClO4/c1-20-14-8-7-12(17)9-11(14)10-15(16(18)19)21-13-5-3-2-4-6-13/h2-9,15H,10H2,1H3,(H,18,19)/t15-/m1/s1. The number of hydrogen-bond donors (Lipinski definition) is 1. The number of carboxylic acid groups (broad SMARTS) is 1. The van der Waals surface area contributed by atoms with Gasteiger partial charge in [0.05, 0.1) is 7.11 Å². The van der Waals surface area contributed by atoms with Crippen LogP contribution in [0.15, 0.2) is 48.5 Å². The molecule has 0 bridgehead atoms. The lowest BCUT2D eigenvalue weighted by molar-refractivity contribution is -0.145. The molecule has 5 heteroatoms. The minimum Gasteiger partial charge on any atom is -0.496 e. The first-order valence-electron chi connectivity index (χ1n) is 6.37. The van der Waals surface area contributed by atoms with Crippen LogP contribution in [0, 0.1) is 0 Å². The number of carboxylic acids is 1. The third-order valence-corrected chi connectivity index (χ3v) is 3.18. The zero-order valence-corrected chi connectivity index (χ0v) is 12.2. The average molecular weight is 307 g/mol. The number of methoxy groups -OCH3 is 1. The van der Waals surface area contributed by atoms with Crippen LogP contribution in [0.2, 0.25) is 5.02 Å². The van der Waals surface area contributed by atoms with Crippen LogP contribution >= 0.6 is 11.6 Å². The van der Waals surface area contributed by atoms with E-state index in [0.717, 1.165) is 0 Å². The topological polar surface area (TPSA) is 55.8 Å². The summed E-state index contributed by atoms with van der Waals surface area (Å²) in [6, 6.07) is 13.9. The van der Waals surface area contributed by atoms with Crippen LogP contribution in [0.25, 0.3) is 0 Å². The van der Waals surface area contributed by atoms with Crippen molar-refractivity contribution in [1.29, 1.82) is 0 Å². The first-order chi connectivity index (χ1) is 10.1. The van der Waals surface area contributed by atoms with Crippen LogP contribution in [0.5, 0.6) is 11.5 Å². The van der Waals surface area contributed by atoms with Gasteiger partial charge in [0.1, 0.15) is 11.5 Å². The molecule has 0 aliphatic heterocycles. The summed E-state index contributed by atoms with van der Waals surface area (Å²) in [5, 5.41) is 9.85. The van der Waals surface area contributed by atoms with Gasteiger partial charge in [0.2, 0.25) is 0 Å². The molecule has 0 amide bonds. The molecule has 0 fully saturated rings. The first kappa shape index (κ1) is 15.2. The number of hydrogen-bond acceptors (Lipinski definition) is 3. The molecule has 0 unspecified atom stereocenters. The van der Waals surface area contributed by atoms with Crippen molar-refractivity contribution >= 4 is 17.6 Å². The van der Waals surface area contributed by atoms with E-state index in [4.69, 9.17) is 21.1 Å². The van der Waals surface area contributed by atoms with Crippen molar-refractivity contribution in [2.75, 3.05) is 7.11 Å². The quantitative estimate of drug-likeness (QED) is 0.888. The van der Waals surface area contributed by atoms with Gasteiger partial charge in [0.15, 0.2) is 6.10 Å². The second-order valence-electron chi connectivity index (χ2n) is 4.42. The van der Waals surface area contributed by atoms with Crippen LogP contribution in [0.3, 0.4) is 0 Å². The average Bonchev–Trinajstić information content (AvgIpc) is 2.48. The van der Waals surface area contributed by atoms with Crippen molar-refractivity contribution < 1.29 is 19.4 Å². The summed E-state index contributed by atoms with van der Waals surface area (Å²) in [6.07, 6.45) is -0.853. The molecule has 110 valence electrons. The Kier molecular flexibility index (Phi) is 5.06. The maximum absolute atomic E-state index is 11.4. The summed E-state index contributed by atoms with van der Waals surface area (Å²) in [5.41, 5.74) is 0.688. The van der Waals surface area contributed by atoms with E-state index < -0.39 is 12.1 Å². The van der Waals surface area contributed by atoms with Gasteiger partial charge in [0.25, 0.3) is 0 Å². The van der Waals surface area contributed by atoms with Crippen molar-refractivity contribution in [2.45, 2.75) is 12.5 Å². The van der Waals surface area contributed by atoms with Gasteiger partial charge in [-0.15, -0.1) is 0 Å². The second kappa shape index (κ2) is 6.99. The number of halogens is 1. The summed E-state index contributed by atoms with van der Waals surface area (Å²) >= 11 is 5.95. The van der Waals surface area contributed by atoms with Crippen molar-refractivity contribution in [3.05, 3.63) is 59.1 Å². The molecule has 0 aliphatic rings. The van der Waals surface area contributed by atoms with Gasteiger partial charge in [-0.3, -0.25) is 0 Å². The lowest BCUT2D eigenvalue weighted by Gasteiger charge is -2.17. The molecule has 0 saturated carbocycles. The van der Waals surface area contributed by atoms with Gasteiger partial charge in [-0.1, -0.05) is 29.8 Å². The van der Waals surface area contributed by atoms with Crippen molar-refractivity contribution in [3.63, 3.8) is 0 Å². The third-order valence-electron chi connectivity index (χ3n) is 2.94. The van der Waals surface area contributed by atoms with Crippen LogP contribution in [0.4, 0.5) is 0 Å². The monoisotopic (exact) mass is 306 g/mol. The van der Waals surface area contributed by atoms with Gasteiger partial charge in [-0.2, -0.15) is 0 Å². The Morgan fingerprint density at radius 1 is 1.24 bits per heavy atom. The Bertz CT molecular complexity index is 613. The Balaban J connectivity index is 2.20. The van der Waals surface area contributed by atoms with Gasteiger partial charge >= 0.3 is 5.97 Å². The fourth-order valence-electron chi connectivity index (χ4n) is 1.95. The van der Waals surface area contributed by atoms with Gasteiger partial charge in [-0.05, 0) is 35.9 Å². The minimum absolute atomic E-state index is 0.161. The predicted molar refractivity (Wildman–Crippen MR) is 80.2 cm³/mol. The van der Waals surface area contributed by atoms with E-state index in [-0.39, 0.29) is 6.42 Å². The summed E-state index contributed by atoms with van der Waals surface area (Å²) < 4.78 is 10.7.